The molecular weight excluding hydrogens is 269 g/mol. The van der Waals surface area contributed by atoms with Crippen LogP contribution >= 0.6 is 0 Å². The second kappa shape index (κ2) is 4.23. The van der Waals surface area contributed by atoms with Gasteiger partial charge in [0.25, 0.3) is 0 Å². The number of halogens is 1. The van der Waals surface area contributed by atoms with Gasteiger partial charge >= 0.3 is 0 Å². The average Bonchev–Trinajstić information content (AvgIpc) is 3.11. The number of nitrogens with zero attached hydrogens (tertiary/aromatic N) is 1. The molecule has 21 heavy (non-hydrogen) atoms. The Bertz CT molecular complexity index is 719. The molecule has 1 aliphatic carbocycles. The molecule has 4 rings (SSSR count). The van der Waals surface area contributed by atoms with Gasteiger partial charge in [-0.05, 0) is 31.4 Å². The molecule has 0 saturated heterocycles. The molecule has 1 fully saturated rings. The lowest BCUT2D eigenvalue weighted by Gasteiger charge is -2.29. The van der Waals surface area contributed by atoms with E-state index in [2.05, 4.69) is 22.4 Å². The summed E-state index contributed by atoms with van der Waals surface area (Å²) in [4.78, 5) is 0. The van der Waals surface area contributed by atoms with Crippen LogP contribution in [-0.4, -0.2) is 17.3 Å². The van der Waals surface area contributed by atoms with E-state index < -0.39 is 0 Å². The minimum atomic E-state index is -0.247. The summed E-state index contributed by atoms with van der Waals surface area (Å²) in [7, 11) is 1.61. The summed E-state index contributed by atoms with van der Waals surface area (Å²) < 4.78 is 19.7. The first-order chi connectivity index (χ1) is 10.2. The highest BCUT2D eigenvalue weighted by Crippen LogP contribution is 2.58. The van der Waals surface area contributed by atoms with E-state index in [0.717, 1.165) is 42.6 Å². The minimum absolute atomic E-state index is 0.132. The van der Waals surface area contributed by atoms with Crippen LogP contribution in [0.5, 0.6) is 5.75 Å². The molecule has 4 nitrogen and oxygen atoms in total. The molecule has 5 heteroatoms. The summed E-state index contributed by atoms with van der Waals surface area (Å²) in [5, 5.41) is 11.1. The van der Waals surface area contributed by atoms with Gasteiger partial charge in [0.15, 0.2) is 0 Å². The smallest absolute Gasteiger partial charge is 0.147 e. The number of H-pyrrole nitrogens is 1. The molecule has 2 aromatic rings. The molecule has 0 atom stereocenters. The van der Waals surface area contributed by atoms with Crippen molar-refractivity contribution in [3.05, 3.63) is 29.2 Å². The van der Waals surface area contributed by atoms with Crippen molar-refractivity contribution in [2.45, 2.75) is 38.1 Å². The Morgan fingerprint density at radius 3 is 2.86 bits per heavy atom. The molecule has 2 heterocycles. The van der Waals surface area contributed by atoms with Crippen molar-refractivity contribution in [1.82, 2.24) is 10.2 Å². The third-order valence-electron chi connectivity index (χ3n) is 4.51. The number of methoxy groups -OCH3 is 1. The highest BCUT2D eigenvalue weighted by atomic mass is 19.1. The van der Waals surface area contributed by atoms with Crippen molar-refractivity contribution in [1.29, 1.82) is 0 Å². The molecule has 1 aliphatic heterocycles. The highest BCUT2D eigenvalue weighted by molar-refractivity contribution is 5.88. The molecule has 0 bridgehead atoms. The zero-order valence-corrected chi connectivity index (χ0v) is 12.2. The SMILES string of the molecule is CCCc1[nH]nc2c1C1(CC1)Nc1c(F)ccc(OC)c1-2. The summed E-state index contributed by atoms with van der Waals surface area (Å²) in [6.45, 7) is 2.15. The number of aromatic nitrogens is 2. The van der Waals surface area contributed by atoms with Crippen LogP contribution in [0.1, 0.15) is 37.4 Å². The van der Waals surface area contributed by atoms with Gasteiger partial charge in [-0.3, -0.25) is 5.10 Å². The molecule has 2 N–H and O–H groups in total. The second-order valence-electron chi connectivity index (χ2n) is 5.88. The van der Waals surface area contributed by atoms with Crippen LogP contribution in [0, 0.1) is 5.82 Å². The largest absolute Gasteiger partial charge is 0.496 e. The van der Waals surface area contributed by atoms with E-state index in [4.69, 9.17) is 4.74 Å². The molecule has 0 radical (unpaired) electrons. The molecule has 0 unspecified atom stereocenters. The summed E-state index contributed by atoms with van der Waals surface area (Å²) in [5.41, 5.74) is 4.35. The maximum absolute atomic E-state index is 14.3. The third-order valence-corrected chi connectivity index (χ3v) is 4.51. The number of anilines is 1. The fourth-order valence-corrected chi connectivity index (χ4v) is 3.39. The first kappa shape index (κ1) is 12.7. The van der Waals surface area contributed by atoms with Crippen molar-refractivity contribution in [3.8, 4) is 17.0 Å². The molecule has 2 aliphatic rings. The van der Waals surface area contributed by atoms with Crippen LogP contribution in [0.2, 0.25) is 0 Å². The Balaban J connectivity index is 1.99. The molecular formula is C16H18FN3O. The van der Waals surface area contributed by atoms with Crippen molar-refractivity contribution in [2.24, 2.45) is 0 Å². The highest BCUT2D eigenvalue weighted by Gasteiger charge is 2.52. The lowest BCUT2D eigenvalue weighted by atomic mass is 9.90. The number of benzene rings is 1. The monoisotopic (exact) mass is 287 g/mol. The zero-order chi connectivity index (χ0) is 14.6. The van der Waals surface area contributed by atoms with Gasteiger partial charge in [0, 0.05) is 11.3 Å². The van der Waals surface area contributed by atoms with Gasteiger partial charge in [-0.2, -0.15) is 5.10 Å². The summed E-state index contributed by atoms with van der Waals surface area (Å²) in [6, 6.07) is 3.12. The number of hydrogen-bond acceptors (Lipinski definition) is 3. The normalized spacial score (nSPS) is 17.1. The van der Waals surface area contributed by atoms with Gasteiger partial charge in [0.05, 0.1) is 23.9 Å². The topological polar surface area (TPSA) is 49.9 Å². The van der Waals surface area contributed by atoms with Gasteiger partial charge < -0.3 is 10.1 Å². The Kier molecular flexibility index (Phi) is 2.55. The first-order valence-electron chi connectivity index (χ1n) is 7.43. The fourth-order valence-electron chi connectivity index (χ4n) is 3.39. The van der Waals surface area contributed by atoms with E-state index in [1.54, 1.807) is 13.2 Å². The number of nitrogens with one attached hydrogen (secondary N) is 2. The number of aryl methyl sites for hydroxylation is 1. The fraction of sp³-hybridized carbons (Fsp3) is 0.438. The Morgan fingerprint density at radius 1 is 1.38 bits per heavy atom. The van der Waals surface area contributed by atoms with Gasteiger partial charge in [-0.25, -0.2) is 4.39 Å². The molecule has 110 valence electrons. The van der Waals surface area contributed by atoms with E-state index in [1.165, 1.54) is 11.6 Å². The number of rotatable bonds is 3. The first-order valence-corrected chi connectivity index (χ1v) is 7.43. The van der Waals surface area contributed by atoms with Gasteiger partial charge in [-0.1, -0.05) is 13.3 Å². The molecule has 1 aromatic carbocycles. The van der Waals surface area contributed by atoms with E-state index in [-0.39, 0.29) is 11.4 Å². The van der Waals surface area contributed by atoms with Crippen LogP contribution in [0.4, 0.5) is 10.1 Å². The summed E-state index contributed by atoms with van der Waals surface area (Å²) >= 11 is 0. The lowest BCUT2D eigenvalue weighted by Crippen LogP contribution is -2.25. The Hall–Kier alpha value is -2.04. The summed E-state index contributed by atoms with van der Waals surface area (Å²) in [6.07, 6.45) is 4.05. The van der Waals surface area contributed by atoms with Crippen molar-refractivity contribution < 1.29 is 9.13 Å². The van der Waals surface area contributed by atoms with Crippen molar-refractivity contribution in [3.63, 3.8) is 0 Å². The van der Waals surface area contributed by atoms with E-state index >= 15 is 0 Å². The maximum Gasteiger partial charge on any atom is 0.147 e. The zero-order valence-electron chi connectivity index (χ0n) is 12.2. The molecule has 1 aromatic heterocycles. The second-order valence-corrected chi connectivity index (χ2v) is 5.88. The minimum Gasteiger partial charge on any atom is -0.496 e. The van der Waals surface area contributed by atoms with Crippen LogP contribution in [0.3, 0.4) is 0 Å². The van der Waals surface area contributed by atoms with Crippen molar-refractivity contribution >= 4 is 5.69 Å². The quantitative estimate of drug-likeness (QED) is 0.907. The molecule has 0 amide bonds. The van der Waals surface area contributed by atoms with E-state index in [0.29, 0.717) is 11.4 Å². The average molecular weight is 287 g/mol. The van der Waals surface area contributed by atoms with E-state index in [9.17, 15) is 4.39 Å². The van der Waals surface area contributed by atoms with Gasteiger partial charge in [0.1, 0.15) is 17.3 Å². The van der Waals surface area contributed by atoms with Gasteiger partial charge in [0.2, 0.25) is 0 Å². The predicted octanol–water partition coefficient (Wildman–Crippen LogP) is 3.59. The Morgan fingerprint density at radius 2 is 2.19 bits per heavy atom. The summed E-state index contributed by atoms with van der Waals surface area (Å²) in [5.74, 6) is 0.410. The molecule has 1 saturated carbocycles. The van der Waals surface area contributed by atoms with Crippen LogP contribution in [0.25, 0.3) is 11.3 Å². The standard InChI is InChI=1S/C16H18FN3O/c1-3-4-10-13-15(20-19-10)12-11(21-2)6-5-9(17)14(12)18-16(13)7-8-16/h5-6,18H,3-4,7-8H2,1-2H3,(H,19,20). The van der Waals surface area contributed by atoms with Crippen LogP contribution in [-0.2, 0) is 12.0 Å². The Labute approximate surface area is 122 Å². The van der Waals surface area contributed by atoms with Crippen molar-refractivity contribution in [2.75, 3.05) is 12.4 Å². The third kappa shape index (κ3) is 1.63. The molecule has 1 spiro atoms. The number of ether oxygens (including phenoxy) is 1. The van der Waals surface area contributed by atoms with E-state index in [1.807, 2.05) is 0 Å². The van der Waals surface area contributed by atoms with Crippen LogP contribution in [0.15, 0.2) is 12.1 Å². The number of fused-ring (bicyclic) bond motifs is 4. The predicted molar refractivity (Wildman–Crippen MR) is 79.1 cm³/mol. The maximum atomic E-state index is 14.3. The van der Waals surface area contributed by atoms with Gasteiger partial charge in [-0.15, -0.1) is 0 Å². The lowest BCUT2D eigenvalue weighted by molar-refractivity contribution is 0.415. The van der Waals surface area contributed by atoms with Crippen LogP contribution < -0.4 is 10.1 Å². The number of hydrogen-bond donors (Lipinski definition) is 2. The number of aromatic amines is 1.